The topological polar surface area (TPSA) is 63.9 Å². The predicted octanol–water partition coefficient (Wildman–Crippen LogP) is 2.14. The van der Waals surface area contributed by atoms with Gasteiger partial charge in [-0.05, 0) is 25.7 Å². The monoisotopic (exact) mass is 209 g/mol. The van der Waals surface area contributed by atoms with Gasteiger partial charge in [-0.3, -0.25) is 5.10 Å². The van der Waals surface area contributed by atoms with E-state index in [1.54, 1.807) is 0 Å². The van der Waals surface area contributed by atoms with E-state index < -0.39 is 0 Å². The lowest BCUT2D eigenvalue weighted by molar-refractivity contribution is 0.0123. The summed E-state index contributed by atoms with van der Waals surface area (Å²) in [7, 11) is 0. The summed E-state index contributed by atoms with van der Waals surface area (Å²) in [6.07, 6.45) is 2.14. The van der Waals surface area contributed by atoms with Gasteiger partial charge >= 0.3 is 0 Å². The van der Waals surface area contributed by atoms with Gasteiger partial charge in [0.1, 0.15) is 11.4 Å². The van der Waals surface area contributed by atoms with Crippen LogP contribution in [0.1, 0.15) is 50.8 Å². The van der Waals surface area contributed by atoms with Crippen LogP contribution in [-0.4, -0.2) is 16.8 Å². The van der Waals surface area contributed by atoms with E-state index in [1.807, 2.05) is 0 Å². The largest absolute Gasteiger partial charge is 0.382 e. The maximum absolute atomic E-state index is 5.87. The summed E-state index contributed by atoms with van der Waals surface area (Å²) in [5.74, 6) is 0.983. The summed E-state index contributed by atoms with van der Waals surface area (Å²) >= 11 is 0. The van der Waals surface area contributed by atoms with Gasteiger partial charge in [0.15, 0.2) is 0 Å². The first-order valence-corrected chi connectivity index (χ1v) is 5.53. The molecule has 0 aromatic carbocycles. The number of hydrogen-bond donors (Lipinski definition) is 2. The average molecular weight is 209 g/mol. The standard InChI is InChI=1S/C11H19N3O/c1-7(2)8-9(13-14-10(8)12)11(3)5-4-6-15-11/h7H,4-6H2,1-3H3,(H3,12,13,14). The van der Waals surface area contributed by atoms with E-state index in [9.17, 15) is 0 Å². The lowest BCUT2D eigenvalue weighted by atomic mass is 9.90. The Bertz CT molecular complexity index is 351. The Morgan fingerprint density at radius 1 is 1.53 bits per heavy atom. The minimum absolute atomic E-state index is 0.218. The molecule has 0 bridgehead atoms. The number of nitrogen functional groups attached to an aromatic ring is 1. The van der Waals surface area contributed by atoms with Crippen LogP contribution in [-0.2, 0) is 10.3 Å². The first-order valence-electron chi connectivity index (χ1n) is 5.53. The smallest absolute Gasteiger partial charge is 0.149 e. The Morgan fingerprint density at radius 2 is 2.27 bits per heavy atom. The van der Waals surface area contributed by atoms with Crippen molar-refractivity contribution in [2.45, 2.75) is 45.1 Å². The molecule has 0 spiro atoms. The van der Waals surface area contributed by atoms with Crippen LogP contribution in [0.3, 0.4) is 0 Å². The van der Waals surface area contributed by atoms with Crippen LogP contribution in [0.4, 0.5) is 5.82 Å². The Morgan fingerprint density at radius 3 is 2.80 bits per heavy atom. The van der Waals surface area contributed by atoms with Crippen LogP contribution in [0.2, 0.25) is 0 Å². The highest BCUT2D eigenvalue weighted by atomic mass is 16.5. The van der Waals surface area contributed by atoms with Gasteiger partial charge in [-0.1, -0.05) is 13.8 Å². The van der Waals surface area contributed by atoms with Crippen LogP contribution in [0.25, 0.3) is 0 Å². The van der Waals surface area contributed by atoms with Gasteiger partial charge in [-0.2, -0.15) is 5.10 Å². The Hall–Kier alpha value is -1.03. The first kappa shape index (κ1) is 10.5. The van der Waals surface area contributed by atoms with Crippen molar-refractivity contribution in [1.82, 2.24) is 10.2 Å². The summed E-state index contributed by atoms with van der Waals surface area (Å²) in [4.78, 5) is 0. The van der Waals surface area contributed by atoms with E-state index in [1.165, 1.54) is 0 Å². The molecule has 0 amide bonds. The molecule has 2 rings (SSSR count). The molecular formula is C11H19N3O. The first-order chi connectivity index (χ1) is 7.04. The molecule has 1 aromatic heterocycles. The van der Waals surface area contributed by atoms with Crippen molar-refractivity contribution >= 4 is 5.82 Å². The highest BCUT2D eigenvalue weighted by Crippen LogP contribution is 2.39. The van der Waals surface area contributed by atoms with E-state index in [-0.39, 0.29) is 5.60 Å². The second kappa shape index (κ2) is 3.52. The molecule has 0 aliphatic carbocycles. The van der Waals surface area contributed by atoms with Crippen LogP contribution in [0, 0.1) is 0 Å². The van der Waals surface area contributed by atoms with Crippen LogP contribution in [0.5, 0.6) is 0 Å². The molecule has 2 heterocycles. The molecule has 0 saturated carbocycles. The molecule has 84 valence electrons. The molecule has 1 aliphatic rings. The maximum atomic E-state index is 5.87. The average Bonchev–Trinajstić information content (AvgIpc) is 2.72. The lowest BCUT2D eigenvalue weighted by Crippen LogP contribution is -2.22. The van der Waals surface area contributed by atoms with Crippen molar-refractivity contribution in [3.05, 3.63) is 11.3 Å². The van der Waals surface area contributed by atoms with Crippen molar-refractivity contribution in [3.63, 3.8) is 0 Å². The van der Waals surface area contributed by atoms with Gasteiger partial charge in [0.2, 0.25) is 0 Å². The molecular weight excluding hydrogens is 190 g/mol. The van der Waals surface area contributed by atoms with Gasteiger partial charge in [0.25, 0.3) is 0 Å². The number of hydrogen-bond acceptors (Lipinski definition) is 3. The van der Waals surface area contributed by atoms with E-state index >= 15 is 0 Å². The Kier molecular flexibility index (Phi) is 2.46. The SMILES string of the molecule is CC(C)c1c(N)n[nH]c1C1(C)CCCO1. The number of nitrogens with zero attached hydrogens (tertiary/aromatic N) is 1. The highest BCUT2D eigenvalue weighted by Gasteiger charge is 2.36. The highest BCUT2D eigenvalue weighted by molar-refractivity contribution is 5.46. The normalized spacial score (nSPS) is 26.4. The van der Waals surface area contributed by atoms with Crippen molar-refractivity contribution in [2.75, 3.05) is 12.3 Å². The van der Waals surface area contributed by atoms with E-state index in [4.69, 9.17) is 10.5 Å². The van der Waals surface area contributed by atoms with Crippen molar-refractivity contribution in [1.29, 1.82) is 0 Å². The molecule has 0 radical (unpaired) electrons. The zero-order valence-electron chi connectivity index (χ0n) is 9.63. The number of aromatic nitrogens is 2. The maximum Gasteiger partial charge on any atom is 0.149 e. The molecule has 4 heteroatoms. The van der Waals surface area contributed by atoms with Crippen LogP contribution >= 0.6 is 0 Å². The molecule has 1 aliphatic heterocycles. The predicted molar refractivity (Wildman–Crippen MR) is 59.6 cm³/mol. The second-order valence-electron chi connectivity index (χ2n) is 4.74. The molecule has 3 N–H and O–H groups in total. The summed E-state index contributed by atoms with van der Waals surface area (Å²) in [6.45, 7) is 7.19. The van der Waals surface area contributed by atoms with Gasteiger partial charge in [0, 0.05) is 12.2 Å². The number of anilines is 1. The van der Waals surface area contributed by atoms with Crippen molar-refractivity contribution in [2.24, 2.45) is 0 Å². The fourth-order valence-corrected chi connectivity index (χ4v) is 2.33. The lowest BCUT2D eigenvalue weighted by Gasteiger charge is -2.24. The van der Waals surface area contributed by atoms with Gasteiger partial charge in [0.05, 0.1) is 5.69 Å². The Balaban J connectivity index is 2.43. The quantitative estimate of drug-likeness (QED) is 0.784. The fraction of sp³-hybridized carbons (Fsp3) is 0.727. The van der Waals surface area contributed by atoms with E-state index in [0.717, 1.165) is 30.7 Å². The molecule has 1 unspecified atom stereocenters. The van der Waals surface area contributed by atoms with Gasteiger partial charge < -0.3 is 10.5 Å². The summed E-state index contributed by atoms with van der Waals surface area (Å²) in [5, 5.41) is 7.14. The third kappa shape index (κ3) is 1.63. The minimum Gasteiger partial charge on any atom is -0.382 e. The number of nitrogens with one attached hydrogen (secondary N) is 1. The molecule has 1 saturated heterocycles. The molecule has 1 aromatic rings. The third-order valence-electron chi connectivity index (χ3n) is 3.16. The van der Waals surface area contributed by atoms with Crippen LogP contribution < -0.4 is 5.73 Å². The molecule has 4 nitrogen and oxygen atoms in total. The number of ether oxygens (including phenoxy) is 1. The molecule has 15 heavy (non-hydrogen) atoms. The van der Waals surface area contributed by atoms with Gasteiger partial charge in [-0.15, -0.1) is 0 Å². The number of aromatic amines is 1. The van der Waals surface area contributed by atoms with Gasteiger partial charge in [-0.25, -0.2) is 0 Å². The zero-order chi connectivity index (χ0) is 11.1. The second-order valence-corrected chi connectivity index (χ2v) is 4.74. The molecule has 1 atom stereocenters. The number of H-pyrrole nitrogens is 1. The van der Waals surface area contributed by atoms with E-state index in [0.29, 0.717) is 11.7 Å². The Labute approximate surface area is 90.2 Å². The summed E-state index contributed by atoms with van der Waals surface area (Å²) in [5.41, 5.74) is 7.83. The summed E-state index contributed by atoms with van der Waals surface area (Å²) in [6, 6.07) is 0. The number of nitrogens with two attached hydrogens (primary N) is 1. The molecule has 1 fully saturated rings. The number of rotatable bonds is 2. The van der Waals surface area contributed by atoms with Crippen LogP contribution in [0.15, 0.2) is 0 Å². The summed E-state index contributed by atoms with van der Waals surface area (Å²) < 4.78 is 5.80. The fourth-order valence-electron chi connectivity index (χ4n) is 2.33. The minimum atomic E-state index is -0.218. The van der Waals surface area contributed by atoms with Crippen molar-refractivity contribution in [3.8, 4) is 0 Å². The van der Waals surface area contributed by atoms with Crippen molar-refractivity contribution < 1.29 is 4.74 Å². The van der Waals surface area contributed by atoms with E-state index in [2.05, 4.69) is 31.0 Å². The zero-order valence-corrected chi connectivity index (χ0v) is 9.63. The third-order valence-corrected chi connectivity index (χ3v) is 3.16.